The summed E-state index contributed by atoms with van der Waals surface area (Å²) in [4.78, 5) is 4.85. The number of nitrogens with zero attached hydrogens (tertiary/aromatic N) is 2. The molecule has 1 unspecified atom stereocenters. The lowest BCUT2D eigenvalue weighted by molar-refractivity contribution is 0.128. The lowest BCUT2D eigenvalue weighted by Crippen LogP contribution is -2.48. The van der Waals surface area contributed by atoms with E-state index in [1.165, 1.54) is 11.1 Å². The number of aliphatic hydroxyl groups is 1. The van der Waals surface area contributed by atoms with Crippen LogP contribution < -0.4 is 9.64 Å². The van der Waals surface area contributed by atoms with Crippen molar-refractivity contribution in [3.8, 4) is 5.75 Å². The Balaban J connectivity index is 1.43. The van der Waals surface area contributed by atoms with E-state index >= 15 is 0 Å². The van der Waals surface area contributed by atoms with Gasteiger partial charge in [0, 0.05) is 44.0 Å². The van der Waals surface area contributed by atoms with Crippen molar-refractivity contribution in [2.75, 3.05) is 37.6 Å². The van der Waals surface area contributed by atoms with Crippen molar-refractivity contribution in [2.45, 2.75) is 19.6 Å². The molecule has 0 saturated carbocycles. The zero-order valence-corrected chi connectivity index (χ0v) is 17.6. The normalized spacial score (nSPS) is 15.7. The van der Waals surface area contributed by atoms with Crippen LogP contribution in [0.25, 0.3) is 0 Å². The molecule has 30 heavy (non-hydrogen) atoms. The van der Waals surface area contributed by atoms with E-state index in [0.717, 1.165) is 49.7 Å². The lowest BCUT2D eigenvalue weighted by atomic mass is 10.1. The summed E-state index contributed by atoms with van der Waals surface area (Å²) in [6, 6.07) is 26.9. The number of piperazine rings is 1. The van der Waals surface area contributed by atoms with Crippen molar-refractivity contribution in [3.05, 3.63) is 95.6 Å². The monoisotopic (exact) mass is 402 g/mol. The molecule has 0 aliphatic carbocycles. The van der Waals surface area contributed by atoms with Gasteiger partial charge < -0.3 is 14.7 Å². The number of para-hydroxylation sites is 1. The van der Waals surface area contributed by atoms with Crippen molar-refractivity contribution in [3.63, 3.8) is 0 Å². The molecule has 1 aliphatic heterocycles. The van der Waals surface area contributed by atoms with E-state index in [-0.39, 0.29) is 12.7 Å². The molecule has 4 nitrogen and oxygen atoms in total. The molecule has 0 spiro atoms. The van der Waals surface area contributed by atoms with Crippen molar-refractivity contribution in [1.82, 2.24) is 4.90 Å². The van der Waals surface area contributed by atoms with Crippen LogP contribution in [0.3, 0.4) is 0 Å². The Morgan fingerprint density at radius 2 is 1.50 bits per heavy atom. The molecule has 1 heterocycles. The summed E-state index contributed by atoms with van der Waals surface area (Å²) in [5, 5.41) is 9.65. The quantitative estimate of drug-likeness (QED) is 0.634. The zero-order chi connectivity index (χ0) is 20.8. The summed E-state index contributed by atoms with van der Waals surface area (Å²) in [6.45, 7) is 6.87. The zero-order valence-electron chi connectivity index (χ0n) is 17.6. The Kier molecular flexibility index (Phi) is 6.67. The van der Waals surface area contributed by atoms with Crippen LogP contribution in [-0.4, -0.2) is 42.7 Å². The SMILES string of the molecule is Cc1ccc(OC(CN2CCN(c3ccccc3CO)CC2)c2ccccc2)cc1. The van der Waals surface area contributed by atoms with Crippen LogP contribution in [0, 0.1) is 6.92 Å². The molecule has 1 N–H and O–H groups in total. The van der Waals surface area contributed by atoms with Gasteiger partial charge in [0.2, 0.25) is 0 Å². The highest BCUT2D eigenvalue weighted by Gasteiger charge is 2.23. The molecule has 0 radical (unpaired) electrons. The number of hydrogen-bond acceptors (Lipinski definition) is 4. The summed E-state index contributed by atoms with van der Waals surface area (Å²) < 4.78 is 6.42. The molecule has 156 valence electrons. The summed E-state index contributed by atoms with van der Waals surface area (Å²) in [6.07, 6.45) is -0.00909. The molecule has 3 aromatic rings. The van der Waals surface area contributed by atoms with E-state index in [4.69, 9.17) is 4.74 Å². The van der Waals surface area contributed by atoms with E-state index in [0.29, 0.717) is 0 Å². The number of ether oxygens (including phenoxy) is 1. The summed E-state index contributed by atoms with van der Waals surface area (Å²) in [5.74, 6) is 0.907. The van der Waals surface area contributed by atoms with Gasteiger partial charge >= 0.3 is 0 Å². The van der Waals surface area contributed by atoms with Crippen LogP contribution in [0.2, 0.25) is 0 Å². The van der Waals surface area contributed by atoms with Gasteiger partial charge in [-0.3, -0.25) is 4.90 Å². The topological polar surface area (TPSA) is 35.9 Å². The Morgan fingerprint density at radius 3 is 2.20 bits per heavy atom. The fourth-order valence-electron chi connectivity index (χ4n) is 4.02. The summed E-state index contributed by atoms with van der Waals surface area (Å²) in [7, 11) is 0. The van der Waals surface area contributed by atoms with Crippen LogP contribution in [-0.2, 0) is 6.61 Å². The molecule has 1 aliphatic rings. The minimum Gasteiger partial charge on any atom is -0.484 e. The van der Waals surface area contributed by atoms with Crippen molar-refractivity contribution in [1.29, 1.82) is 0 Å². The second-order valence-corrected chi connectivity index (χ2v) is 7.90. The van der Waals surface area contributed by atoms with E-state index in [2.05, 4.69) is 71.3 Å². The van der Waals surface area contributed by atoms with Crippen molar-refractivity contribution >= 4 is 5.69 Å². The number of hydrogen-bond donors (Lipinski definition) is 1. The van der Waals surface area contributed by atoms with Gasteiger partial charge in [0.1, 0.15) is 11.9 Å². The van der Waals surface area contributed by atoms with Gasteiger partial charge in [0.15, 0.2) is 0 Å². The third-order valence-electron chi connectivity index (χ3n) is 5.77. The Bertz CT molecular complexity index is 919. The highest BCUT2D eigenvalue weighted by Crippen LogP contribution is 2.26. The Hall–Kier alpha value is -2.82. The lowest BCUT2D eigenvalue weighted by Gasteiger charge is -2.38. The van der Waals surface area contributed by atoms with Gasteiger partial charge in [-0.15, -0.1) is 0 Å². The predicted molar refractivity (Wildman–Crippen MR) is 122 cm³/mol. The van der Waals surface area contributed by atoms with Crippen LogP contribution in [0.5, 0.6) is 5.75 Å². The Labute approximate surface area is 179 Å². The highest BCUT2D eigenvalue weighted by atomic mass is 16.5. The number of aliphatic hydroxyl groups excluding tert-OH is 1. The Morgan fingerprint density at radius 1 is 0.833 bits per heavy atom. The van der Waals surface area contributed by atoms with Gasteiger partial charge in [-0.2, -0.15) is 0 Å². The first-order chi connectivity index (χ1) is 14.7. The number of benzene rings is 3. The smallest absolute Gasteiger partial charge is 0.136 e. The molecule has 1 fully saturated rings. The second kappa shape index (κ2) is 9.79. The van der Waals surface area contributed by atoms with E-state index < -0.39 is 0 Å². The number of rotatable bonds is 7. The van der Waals surface area contributed by atoms with Crippen LogP contribution >= 0.6 is 0 Å². The maximum absolute atomic E-state index is 9.65. The maximum Gasteiger partial charge on any atom is 0.136 e. The van der Waals surface area contributed by atoms with Crippen LogP contribution in [0.1, 0.15) is 22.8 Å². The van der Waals surface area contributed by atoms with E-state index in [1.807, 2.05) is 24.3 Å². The summed E-state index contributed by atoms with van der Waals surface area (Å²) in [5.41, 5.74) is 4.58. The molecule has 1 saturated heterocycles. The first kappa shape index (κ1) is 20.5. The van der Waals surface area contributed by atoms with Crippen molar-refractivity contribution in [2.24, 2.45) is 0 Å². The first-order valence-electron chi connectivity index (χ1n) is 10.7. The first-order valence-corrected chi connectivity index (χ1v) is 10.7. The van der Waals surface area contributed by atoms with Gasteiger partial charge in [-0.05, 0) is 30.7 Å². The van der Waals surface area contributed by atoms with Crippen molar-refractivity contribution < 1.29 is 9.84 Å². The molecular weight excluding hydrogens is 372 g/mol. The third kappa shape index (κ3) is 5.02. The van der Waals surface area contributed by atoms with E-state index in [1.54, 1.807) is 0 Å². The fraction of sp³-hybridized carbons (Fsp3) is 0.308. The van der Waals surface area contributed by atoms with Crippen LogP contribution in [0.4, 0.5) is 5.69 Å². The maximum atomic E-state index is 9.65. The van der Waals surface area contributed by atoms with Gasteiger partial charge in [-0.1, -0.05) is 66.2 Å². The van der Waals surface area contributed by atoms with Crippen LogP contribution in [0.15, 0.2) is 78.9 Å². The molecule has 4 heteroatoms. The molecular formula is C26H30N2O2. The largest absolute Gasteiger partial charge is 0.484 e. The summed E-state index contributed by atoms with van der Waals surface area (Å²) >= 11 is 0. The minimum atomic E-state index is -0.00909. The highest BCUT2D eigenvalue weighted by molar-refractivity contribution is 5.53. The fourth-order valence-corrected chi connectivity index (χ4v) is 4.02. The third-order valence-corrected chi connectivity index (χ3v) is 5.77. The number of aryl methyl sites for hydroxylation is 1. The van der Waals surface area contributed by atoms with Gasteiger partial charge in [-0.25, -0.2) is 0 Å². The standard InChI is InChI=1S/C26H30N2O2/c1-21-11-13-24(14-12-21)30-26(22-7-3-2-4-8-22)19-27-15-17-28(18-16-27)25-10-6-5-9-23(25)20-29/h2-14,26,29H,15-20H2,1H3. The van der Waals surface area contributed by atoms with Gasteiger partial charge in [0.25, 0.3) is 0 Å². The minimum absolute atomic E-state index is 0.00909. The predicted octanol–water partition coefficient (Wildman–Crippen LogP) is 4.43. The molecule has 1 atom stereocenters. The molecule has 0 aromatic heterocycles. The van der Waals surface area contributed by atoms with E-state index in [9.17, 15) is 5.11 Å². The average Bonchev–Trinajstić information content (AvgIpc) is 2.81. The number of anilines is 1. The molecule has 0 bridgehead atoms. The average molecular weight is 403 g/mol. The molecule has 4 rings (SSSR count). The molecule has 3 aromatic carbocycles. The second-order valence-electron chi connectivity index (χ2n) is 7.90. The van der Waals surface area contributed by atoms with Gasteiger partial charge in [0.05, 0.1) is 6.61 Å². The molecule has 0 amide bonds.